The third kappa shape index (κ3) is 1.46. The Balaban J connectivity index is 3.35. The van der Waals surface area contributed by atoms with Crippen LogP contribution in [0.15, 0.2) is 16.9 Å². The average molecular weight is 153 g/mol. The fourth-order valence-corrected chi connectivity index (χ4v) is 0.770. The van der Waals surface area contributed by atoms with Gasteiger partial charge in [0.15, 0.2) is 0 Å². The fraction of sp³-hybridized carbons (Fsp3) is 0.143. The van der Waals surface area contributed by atoms with Gasteiger partial charge in [-0.25, -0.2) is 4.79 Å². The molecule has 0 unspecified atom stereocenters. The van der Waals surface area contributed by atoms with Gasteiger partial charge in [0, 0.05) is 6.07 Å². The van der Waals surface area contributed by atoms with E-state index in [1.807, 2.05) is 0 Å². The van der Waals surface area contributed by atoms with Crippen LogP contribution in [0.1, 0.15) is 16.1 Å². The second-order valence-electron chi connectivity index (χ2n) is 2.19. The third-order valence-corrected chi connectivity index (χ3v) is 1.34. The second-order valence-corrected chi connectivity index (χ2v) is 2.19. The molecule has 0 aliphatic rings. The molecule has 4 nitrogen and oxygen atoms in total. The van der Waals surface area contributed by atoms with Crippen LogP contribution in [0.5, 0.6) is 0 Å². The van der Waals surface area contributed by atoms with Gasteiger partial charge in [0.25, 0.3) is 0 Å². The molecule has 58 valence electrons. The number of aromatic carboxylic acids is 1. The van der Waals surface area contributed by atoms with E-state index in [-0.39, 0.29) is 5.69 Å². The SMILES string of the molecule is Cc1ccc(=O)[nH]c1C(=O)O. The smallest absolute Gasteiger partial charge is 0.352 e. The first kappa shape index (κ1) is 7.53. The van der Waals surface area contributed by atoms with Gasteiger partial charge in [-0.05, 0) is 12.5 Å². The zero-order valence-electron chi connectivity index (χ0n) is 5.92. The van der Waals surface area contributed by atoms with Crippen molar-refractivity contribution >= 4 is 5.97 Å². The predicted molar refractivity (Wildman–Crippen MR) is 38.8 cm³/mol. The monoisotopic (exact) mass is 153 g/mol. The number of pyridine rings is 1. The molecule has 11 heavy (non-hydrogen) atoms. The first-order valence-electron chi connectivity index (χ1n) is 3.04. The van der Waals surface area contributed by atoms with Gasteiger partial charge in [-0.1, -0.05) is 6.07 Å². The lowest BCUT2D eigenvalue weighted by atomic mass is 10.2. The van der Waals surface area contributed by atoms with Crippen molar-refractivity contribution in [2.45, 2.75) is 6.92 Å². The van der Waals surface area contributed by atoms with Gasteiger partial charge in [-0.2, -0.15) is 0 Å². The number of aromatic amines is 1. The van der Waals surface area contributed by atoms with E-state index in [1.165, 1.54) is 12.1 Å². The van der Waals surface area contributed by atoms with E-state index in [4.69, 9.17) is 5.11 Å². The lowest BCUT2D eigenvalue weighted by molar-refractivity contribution is 0.0689. The Hall–Kier alpha value is -1.58. The minimum atomic E-state index is -1.11. The van der Waals surface area contributed by atoms with Crippen LogP contribution < -0.4 is 5.56 Å². The highest BCUT2D eigenvalue weighted by Crippen LogP contribution is 1.99. The van der Waals surface area contributed by atoms with Crippen molar-refractivity contribution in [3.63, 3.8) is 0 Å². The lowest BCUT2D eigenvalue weighted by Crippen LogP contribution is -2.12. The van der Waals surface area contributed by atoms with Crippen molar-refractivity contribution in [2.24, 2.45) is 0 Å². The van der Waals surface area contributed by atoms with Crippen molar-refractivity contribution < 1.29 is 9.90 Å². The molecule has 1 aromatic rings. The summed E-state index contributed by atoms with van der Waals surface area (Å²) in [5.41, 5.74) is 0.114. The summed E-state index contributed by atoms with van der Waals surface area (Å²) < 4.78 is 0. The summed E-state index contributed by atoms with van der Waals surface area (Å²) >= 11 is 0. The summed E-state index contributed by atoms with van der Waals surface area (Å²) in [6.45, 7) is 1.62. The van der Waals surface area contributed by atoms with E-state index in [0.717, 1.165) is 0 Å². The molecule has 0 aromatic carbocycles. The van der Waals surface area contributed by atoms with Gasteiger partial charge in [-0.15, -0.1) is 0 Å². The Morgan fingerprint density at radius 3 is 2.64 bits per heavy atom. The number of carboxylic acids is 1. The normalized spacial score (nSPS) is 9.55. The molecule has 0 bridgehead atoms. The van der Waals surface area contributed by atoms with E-state index in [0.29, 0.717) is 5.56 Å². The standard InChI is InChI=1S/C7H7NO3/c1-4-2-3-5(9)8-6(4)7(10)11/h2-3H,1H3,(H,8,9)(H,10,11). The van der Waals surface area contributed by atoms with Crippen molar-refractivity contribution in [3.8, 4) is 0 Å². The third-order valence-electron chi connectivity index (χ3n) is 1.34. The van der Waals surface area contributed by atoms with Crippen LogP contribution in [0, 0.1) is 6.92 Å². The Morgan fingerprint density at radius 1 is 1.55 bits per heavy atom. The molecule has 1 rings (SSSR count). The van der Waals surface area contributed by atoms with Gasteiger partial charge in [0.1, 0.15) is 5.69 Å². The Labute approximate surface area is 62.5 Å². The minimum absolute atomic E-state index is 0.0440. The molecule has 0 saturated carbocycles. The van der Waals surface area contributed by atoms with Crippen molar-refractivity contribution in [2.75, 3.05) is 0 Å². The van der Waals surface area contributed by atoms with Crippen LogP contribution in [0.4, 0.5) is 0 Å². The van der Waals surface area contributed by atoms with Gasteiger partial charge in [0.05, 0.1) is 0 Å². The zero-order chi connectivity index (χ0) is 8.43. The highest BCUT2D eigenvalue weighted by atomic mass is 16.4. The quantitative estimate of drug-likeness (QED) is 0.612. The Bertz CT molecular complexity index is 340. The Kier molecular flexibility index (Phi) is 1.76. The lowest BCUT2D eigenvalue weighted by Gasteiger charge is -1.96. The summed E-state index contributed by atoms with van der Waals surface area (Å²) in [7, 11) is 0. The van der Waals surface area contributed by atoms with E-state index in [9.17, 15) is 9.59 Å². The largest absolute Gasteiger partial charge is 0.477 e. The highest BCUT2D eigenvalue weighted by Gasteiger charge is 2.05. The number of hydrogen-bond acceptors (Lipinski definition) is 2. The number of H-pyrrole nitrogens is 1. The van der Waals surface area contributed by atoms with Crippen molar-refractivity contribution in [1.29, 1.82) is 0 Å². The number of aryl methyl sites for hydroxylation is 1. The zero-order valence-corrected chi connectivity index (χ0v) is 5.92. The summed E-state index contributed by atoms with van der Waals surface area (Å²) in [4.78, 5) is 23.3. The molecule has 2 N–H and O–H groups in total. The first-order chi connectivity index (χ1) is 5.11. The van der Waals surface area contributed by atoms with Crippen molar-refractivity contribution in [1.82, 2.24) is 4.98 Å². The molecule has 4 heteroatoms. The highest BCUT2D eigenvalue weighted by molar-refractivity contribution is 5.86. The molecule has 0 aliphatic heterocycles. The molecule has 0 fully saturated rings. The summed E-state index contributed by atoms with van der Waals surface area (Å²) in [6.07, 6.45) is 0. The summed E-state index contributed by atoms with van der Waals surface area (Å²) in [5.74, 6) is -1.11. The van der Waals surface area contributed by atoms with Crippen LogP contribution in [0.25, 0.3) is 0 Å². The Morgan fingerprint density at radius 2 is 2.18 bits per heavy atom. The molecule has 0 aliphatic carbocycles. The fourth-order valence-electron chi connectivity index (χ4n) is 0.770. The van der Waals surface area contributed by atoms with Gasteiger partial charge >= 0.3 is 5.97 Å². The summed E-state index contributed by atoms with van der Waals surface area (Å²) in [6, 6.07) is 2.77. The maximum Gasteiger partial charge on any atom is 0.352 e. The maximum atomic E-state index is 10.6. The van der Waals surface area contributed by atoms with Crippen molar-refractivity contribution in [3.05, 3.63) is 33.7 Å². The van der Waals surface area contributed by atoms with Crippen LogP contribution in [-0.4, -0.2) is 16.1 Å². The van der Waals surface area contributed by atoms with Crippen LogP contribution >= 0.6 is 0 Å². The van der Waals surface area contributed by atoms with Gasteiger partial charge in [0.2, 0.25) is 5.56 Å². The van der Waals surface area contributed by atoms with Crippen LogP contribution in [-0.2, 0) is 0 Å². The maximum absolute atomic E-state index is 10.6. The van der Waals surface area contributed by atoms with E-state index in [1.54, 1.807) is 6.92 Å². The molecular formula is C7H7NO3. The van der Waals surface area contributed by atoms with Crippen LogP contribution in [0.3, 0.4) is 0 Å². The molecule has 0 amide bonds. The number of aromatic nitrogens is 1. The summed E-state index contributed by atoms with van der Waals surface area (Å²) in [5, 5.41) is 8.52. The minimum Gasteiger partial charge on any atom is -0.477 e. The van der Waals surface area contributed by atoms with Gasteiger partial charge < -0.3 is 10.1 Å². The molecule has 1 aromatic heterocycles. The first-order valence-corrected chi connectivity index (χ1v) is 3.04. The molecule has 0 radical (unpaired) electrons. The average Bonchev–Trinajstić information content (AvgIpc) is 1.94. The van der Waals surface area contributed by atoms with E-state index in [2.05, 4.69) is 4.98 Å². The molecule has 0 saturated heterocycles. The molecule has 1 heterocycles. The number of nitrogens with one attached hydrogen (secondary N) is 1. The van der Waals surface area contributed by atoms with Crippen LogP contribution in [0.2, 0.25) is 0 Å². The van der Waals surface area contributed by atoms with Gasteiger partial charge in [-0.3, -0.25) is 4.79 Å². The number of hydrogen-bond donors (Lipinski definition) is 2. The van der Waals surface area contributed by atoms with E-state index < -0.39 is 11.5 Å². The second kappa shape index (κ2) is 2.57. The number of carboxylic acid groups (broad SMARTS) is 1. The number of rotatable bonds is 1. The van der Waals surface area contributed by atoms with E-state index >= 15 is 0 Å². The molecule has 0 atom stereocenters. The number of carbonyl (C=O) groups is 1. The predicted octanol–water partition coefficient (Wildman–Crippen LogP) is 0.382. The molecular weight excluding hydrogens is 146 g/mol. The topological polar surface area (TPSA) is 70.2 Å². The molecule has 0 spiro atoms.